The van der Waals surface area contributed by atoms with Crippen molar-refractivity contribution in [1.29, 1.82) is 0 Å². The zero-order valence-corrected chi connectivity index (χ0v) is 9.62. The second kappa shape index (κ2) is 4.08. The van der Waals surface area contributed by atoms with Gasteiger partial charge in [-0.05, 0) is 43.5 Å². The number of carbonyl (C=O) groups excluding carboxylic acids is 2. The molecule has 16 heavy (non-hydrogen) atoms. The van der Waals surface area contributed by atoms with Crippen molar-refractivity contribution < 1.29 is 9.59 Å². The maximum Gasteiger partial charge on any atom is 0.223 e. The number of nitrogens with zero attached hydrogens (tertiary/aromatic N) is 1. The summed E-state index contributed by atoms with van der Waals surface area (Å²) >= 11 is 0. The number of hydrogen-bond donors (Lipinski definition) is 0. The van der Waals surface area contributed by atoms with Gasteiger partial charge in [-0.2, -0.15) is 0 Å². The van der Waals surface area contributed by atoms with Gasteiger partial charge in [0.1, 0.15) is 0 Å². The molecule has 1 aromatic carbocycles. The van der Waals surface area contributed by atoms with Crippen molar-refractivity contribution in [1.82, 2.24) is 0 Å². The van der Waals surface area contributed by atoms with Gasteiger partial charge >= 0.3 is 0 Å². The Morgan fingerprint density at radius 1 is 1.25 bits per heavy atom. The van der Waals surface area contributed by atoms with Crippen molar-refractivity contribution in [2.45, 2.75) is 26.7 Å². The molecule has 1 aliphatic heterocycles. The van der Waals surface area contributed by atoms with E-state index in [1.807, 2.05) is 12.1 Å². The Hall–Kier alpha value is -1.64. The summed E-state index contributed by atoms with van der Waals surface area (Å²) in [4.78, 5) is 24.5. The monoisotopic (exact) mass is 217 g/mol. The van der Waals surface area contributed by atoms with Gasteiger partial charge in [0.15, 0.2) is 5.78 Å². The predicted octanol–water partition coefficient (Wildman–Crippen LogP) is 2.19. The largest absolute Gasteiger partial charge is 0.312 e. The fourth-order valence-corrected chi connectivity index (χ4v) is 2.14. The van der Waals surface area contributed by atoms with Crippen LogP contribution in [0.5, 0.6) is 0 Å². The van der Waals surface area contributed by atoms with Crippen LogP contribution in [0, 0.1) is 0 Å². The molecule has 1 aromatic rings. The van der Waals surface area contributed by atoms with E-state index in [4.69, 9.17) is 0 Å². The Morgan fingerprint density at radius 3 is 2.62 bits per heavy atom. The van der Waals surface area contributed by atoms with Crippen molar-refractivity contribution in [2.24, 2.45) is 0 Å². The molecule has 0 unspecified atom stereocenters. The molecule has 1 amide bonds. The van der Waals surface area contributed by atoms with Crippen molar-refractivity contribution in [3.63, 3.8) is 0 Å². The Labute approximate surface area is 95.1 Å². The molecule has 0 spiro atoms. The lowest BCUT2D eigenvalue weighted by Crippen LogP contribution is -2.33. The third-order valence-corrected chi connectivity index (χ3v) is 2.98. The number of anilines is 1. The summed E-state index contributed by atoms with van der Waals surface area (Å²) in [7, 11) is 0. The molecular weight excluding hydrogens is 202 g/mol. The molecule has 3 nitrogen and oxygen atoms in total. The summed E-state index contributed by atoms with van der Waals surface area (Å²) in [6.45, 7) is 3.92. The Balaban J connectivity index is 2.44. The lowest BCUT2D eigenvalue weighted by Gasteiger charge is -2.28. The van der Waals surface area contributed by atoms with Gasteiger partial charge in [-0.25, -0.2) is 0 Å². The predicted molar refractivity (Wildman–Crippen MR) is 62.8 cm³/mol. The average Bonchev–Trinajstić information content (AvgIpc) is 2.27. The van der Waals surface area contributed by atoms with Crippen molar-refractivity contribution in [2.75, 3.05) is 11.4 Å². The zero-order chi connectivity index (χ0) is 11.7. The summed E-state index contributed by atoms with van der Waals surface area (Å²) in [5.74, 6) is 0.138. The van der Waals surface area contributed by atoms with Crippen LogP contribution in [0.4, 0.5) is 5.69 Å². The van der Waals surface area contributed by atoms with Crippen LogP contribution in [-0.4, -0.2) is 18.2 Å². The van der Waals surface area contributed by atoms with Gasteiger partial charge in [0.05, 0.1) is 0 Å². The first-order valence-corrected chi connectivity index (χ1v) is 5.51. The molecule has 0 atom stereocenters. The quantitative estimate of drug-likeness (QED) is 0.676. The number of carbonyl (C=O) groups is 2. The van der Waals surface area contributed by atoms with Crippen LogP contribution >= 0.6 is 0 Å². The van der Waals surface area contributed by atoms with E-state index < -0.39 is 0 Å². The van der Waals surface area contributed by atoms with Crippen LogP contribution in [0.25, 0.3) is 0 Å². The fraction of sp³-hybridized carbons (Fsp3) is 0.385. The second-order valence-electron chi connectivity index (χ2n) is 4.17. The number of Topliss-reactive ketones (excluding diaryl/α,β-unsaturated/α-hetero) is 1. The van der Waals surface area contributed by atoms with Crippen LogP contribution in [0.2, 0.25) is 0 Å². The van der Waals surface area contributed by atoms with E-state index >= 15 is 0 Å². The van der Waals surface area contributed by atoms with E-state index in [0.29, 0.717) is 0 Å². The Bertz CT molecular complexity index is 451. The number of aryl methyl sites for hydroxylation is 1. The van der Waals surface area contributed by atoms with Crippen molar-refractivity contribution in [3.8, 4) is 0 Å². The minimum absolute atomic E-state index is 0.0662. The zero-order valence-electron chi connectivity index (χ0n) is 9.62. The summed E-state index contributed by atoms with van der Waals surface area (Å²) < 4.78 is 0. The molecule has 0 saturated carbocycles. The minimum atomic E-state index is 0.0662. The smallest absolute Gasteiger partial charge is 0.223 e. The van der Waals surface area contributed by atoms with E-state index in [-0.39, 0.29) is 11.7 Å². The molecule has 0 radical (unpaired) electrons. The van der Waals surface area contributed by atoms with Gasteiger partial charge in [-0.1, -0.05) is 0 Å². The number of ketones is 1. The maximum absolute atomic E-state index is 11.4. The molecule has 3 heteroatoms. The van der Waals surface area contributed by atoms with Gasteiger partial charge < -0.3 is 4.90 Å². The van der Waals surface area contributed by atoms with Crippen LogP contribution < -0.4 is 4.90 Å². The first-order chi connectivity index (χ1) is 7.59. The topological polar surface area (TPSA) is 37.4 Å². The van der Waals surface area contributed by atoms with Gasteiger partial charge in [0.25, 0.3) is 0 Å². The maximum atomic E-state index is 11.4. The highest BCUT2D eigenvalue weighted by molar-refractivity contribution is 5.97. The van der Waals surface area contributed by atoms with Crippen LogP contribution in [0.1, 0.15) is 36.2 Å². The number of hydrogen-bond acceptors (Lipinski definition) is 2. The fourth-order valence-electron chi connectivity index (χ4n) is 2.14. The van der Waals surface area contributed by atoms with Gasteiger partial charge in [0.2, 0.25) is 5.91 Å². The Kier molecular flexibility index (Phi) is 2.77. The van der Waals surface area contributed by atoms with Crippen LogP contribution in [0.3, 0.4) is 0 Å². The van der Waals surface area contributed by atoms with Crippen molar-refractivity contribution in [3.05, 3.63) is 29.3 Å². The molecule has 0 bridgehead atoms. The summed E-state index contributed by atoms with van der Waals surface area (Å²) in [6.07, 6.45) is 1.91. The molecule has 0 saturated heterocycles. The first-order valence-electron chi connectivity index (χ1n) is 5.51. The third-order valence-electron chi connectivity index (χ3n) is 2.98. The number of benzene rings is 1. The number of fused-ring (bicyclic) bond motifs is 1. The molecular formula is C13H15NO2. The highest BCUT2D eigenvalue weighted by Gasteiger charge is 2.20. The van der Waals surface area contributed by atoms with E-state index in [1.165, 1.54) is 0 Å². The molecule has 0 aliphatic carbocycles. The highest BCUT2D eigenvalue weighted by atomic mass is 16.2. The molecule has 1 aliphatic rings. The third kappa shape index (κ3) is 1.85. The van der Waals surface area contributed by atoms with E-state index in [9.17, 15) is 9.59 Å². The molecule has 1 heterocycles. The highest BCUT2D eigenvalue weighted by Crippen LogP contribution is 2.28. The number of rotatable bonds is 1. The van der Waals surface area contributed by atoms with E-state index in [1.54, 1.807) is 24.8 Å². The summed E-state index contributed by atoms with van der Waals surface area (Å²) in [6, 6.07) is 5.59. The Morgan fingerprint density at radius 2 is 2.00 bits per heavy atom. The van der Waals surface area contributed by atoms with Gasteiger partial charge in [-0.3, -0.25) is 9.59 Å². The lowest BCUT2D eigenvalue weighted by molar-refractivity contribution is -0.116. The summed E-state index contributed by atoms with van der Waals surface area (Å²) in [5, 5.41) is 0. The first kappa shape index (κ1) is 10.9. The van der Waals surface area contributed by atoms with Gasteiger partial charge in [-0.15, -0.1) is 0 Å². The molecule has 2 rings (SSSR count). The lowest BCUT2D eigenvalue weighted by atomic mass is 9.98. The standard InChI is InChI=1S/C13H15NO2/c1-9(15)11-5-6-13-12(8-11)4-3-7-14(13)10(2)16/h5-6,8H,3-4,7H2,1-2H3. The minimum Gasteiger partial charge on any atom is -0.312 e. The van der Waals surface area contributed by atoms with E-state index in [2.05, 4.69) is 0 Å². The normalized spacial score (nSPS) is 14.5. The molecule has 84 valence electrons. The molecule has 0 fully saturated rings. The van der Waals surface area contributed by atoms with Crippen molar-refractivity contribution >= 4 is 17.4 Å². The van der Waals surface area contributed by atoms with Crippen LogP contribution in [0.15, 0.2) is 18.2 Å². The second-order valence-corrected chi connectivity index (χ2v) is 4.17. The molecule has 0 aromatic heterocycles. The molecule has 0 N–H and O–H groups in total. The average molecular weight is 217 g/mol. The van der Waals surface area contributed by atoms with E-state index in [0.717, 1.165) is 36.2 Å². The SMILES string of the molecule is CC(=O)c1ccc2c(c1)CCCN2C(C)=O. The van der Waals surface area contributed by atoms with Crippen LogP contribution in [-0.2, 0) is 11.2 Å². The van der Waals surface area contributed by atoms with Gasteiger partial charge in [0, 0.05) is 24.7 Å². The number of amides is 1. The summed E-state index contributed by atoms with van der Waals surface area (Å²) in [5.41, 5.74) is 2.79.